The number of para-hydroxylation sites is 3. The van der Waals surface area contributed by atoms with Gasteiger partial charge >= 0.3 is 0 Å². The quantitative estimate of drug-likeness (QED) is 0.223. The van der Waals surface area contributed by atoms with Crippen LogP contribution in [0.5, 0.6) is 0 Å². The Morgan fingerprint density at radius 3 is 2.15 bits per heavy atom. The second-order valence-corrected chi connectivity index (χ2v) is 11.4. The molecular formula is C36H22N4S. The van der Waals surface area contributed by atoms with E-state index in [4.69, 9.17) is 9.97 Å². The Morgan fingerprint density at radius 1 is 0.512 bits per heavy atom. The molecule has 192 valence electrons. The zero-order chi connectivity index (χ0) is 26.9. The van der Waals surface area contributed by atoms with Crippen molar-refractivity contribution in [2.75, 3.05) is 0 Å². The van der Waals surface area contributed by atoms with Gasteiger partial charge in [-0.3, -0.25) is 14.1 Å². The number of nitrogens with zero attached hydrogens (tertiary/aromatic N) is 4. The molecule has 0 N–H and O–H groups in total. The van der Waals surface area contributed by atoms with Gasteiger partial charge in [0.05, 0.1) is 27.6 Å². The zero-order valence-corrected chi connectivity index (χ0v) is 22.7. The van der Waals surface area contributed by atoms with Gasteiger partial charge in [-0.2, -0.15) is 0 Å². The van der Waals surface area contributed by atoms with Crippen LogP contribution in [0.4, 0.5) is 0 Å². The molecular weight excluding hydrogens is 520 g/mol. The zero-order valence-electron chi connectivity index (χ0n) is 21.9. The Hall–Kier alpha value is -5.26. The van der Waals surface area contributed by atoms with Crippen molar-refractivity contribution in [3.63, 3.8) is 0 Å². The fourth-order valence-electron chi connectivity index (χ4n) is 6.10. The molecule has 0 saturated carbocycles. The Balaban J connectivity index is 1.46. The summed E-state index contributed by atoms with van der Waals surface area (Å²) in [5, 5.41) is 3.68. The predicted octanol–water partition coefficient (Wildman–Crippen LogP) is 9.55. The molecule has 41 heavy (non-hydrogen) atoms. The minimum atomic E-state index is 0.852. The van der Waals surface area contributed by atoms with Gasteiger partial charge in [-0.05, 0) is 54.1 Å². The lowest BCUT2D eigenvalue weighted by Crippen LogP contribution is -2.05. The lowest BCUT2D eigenvalue weighted by molar-refractivity contribution is 0.955. The topological polar surface area (TPSA) is 35.6 Å². The monoisotopic (exact) mass is 542 g/mol. The van der Waals surface area contributed by atoms with Gasteiger partial charge in [0.1, 0.15) is 0 Å². The first-order valence-electron chi connectivity index (χ1n) is 13.7. The largest absolute Gasteiger partial charge is 0.278 e. The molecule has 0 unspecified atom stereocenters. The normalized spacial score (nSPS) is 11.9. The predicted molar refractivity (Wildman–Crippen MR) is 172 cm³/mol. The van der Waals surface area contributed by atoms with Crippen molar-refractivity contribution < 1.29 is 0 Å². The summed E-state index contributed by atoms with van der Waals surface area (Å²) in [6.45, 7) is 0. The molecule has 9 rings (SSSR count). The molecule has 4 nitrogen and oxygen atoms in total. The van der Waals surface area contributed by atoms with E-state index in [-0.39, 0.29) is 0 Å². The van der Waals surface area contributed by atoms with Crippen LogP contribution in [-0.4, -0.2) is 19.1 Å². The molecule has 4 aromatic heterocycles. The van der Waals surface area contributed by atoms with Gasteiger partial charge in [-0.25, -0.2) is 4.98 Å². The molecule has 0 amide bonds. The summed E-state index contributed by atoms with van der Waals surface area (Å²) in [5.41, 5.74) is 8.43. The van der Waals surface area contributed by atoms with Crippen LogP contribution in [0.1, 0.15) is 0 Å². The maximum Gasteiger partial charge on any atom is 0.220 e. The molecule has 0 saturated heterocycles. The van der Waals surface area contributed by atoms with Gasteiger partial charge in [0, 0.05) is 43.0 Å². The molecule has 0 aliphatic rings. The number of imidazole rings is 1. The number of hydrogen-bond acceptors (Lipinski definition) is 3. The molecule has 5 aromatic carbocycles. The van der Waals surface area contributed by atoms with E-state index in [9.17, 15) is 0 Å². The maximum atomic E-state index is 5.26. The number of thiophene rings is 1. The highest BCUT2D eigenvalue weighted by Crippen LogP contribution is 2.41. The smallest absolute Gasteiger partial charge is 0.220 e. The van der Waals surface area contributed by atoms with Gasteiger partial charge in [0.25, 0.3) is 0 Å². The Bertz CT molecular complexity index is 2410. The average Bonchev–Trinajstić information content (AvgIpc) is 3.69. The van der Waals surface area contributed by atoms with Crippen LogP contribution >= 0.6 is 11.3 Å². The number of aromatic nitrogens is 4. The fourth-order valence-corrected chi connectivity index (χ4v) is 7.22. The first kappa shape index (κ1) is 22.5. The van der Waals surface area contributed by atoms with Crippen LogP contribution in [0.15, 0.2) is 134 Å². The second-order valence-electron chi connectivity index (χ2n) is 10.3. The van der Waals surface area contributed by atoms with Crippen molar-refractivity contribution >= 4 is 64.5 Å². The van der Waals surface area contributed by atoms with Gasteiger partial charge < -0.3 is 0 Å². The maximum absolute atomic E-state index is 5.26. The standard InChI is InChI=1S/C36H22N4S/c1-3-11-23(12-4-1)24-19-32-35(37-22-24)28-20-27-26-15-7-10-18-33(26)41-34(27)21-31(28)40(32)36-38-29-16-8-9-17-30(29)39(36)25-13-5-2-6-14-25/h1-22H. The SMILES string of the molecule is c1ccc(-c2cnc3c4cc5c(cc4n(-c4nc6ccccc6n4-c4ccccc4)c3c2)sc2ccccc25)cc1. The van der Waals surface area contributed by atoms with Crippen LogP contribution in [0.3, 0.4) is 0 Å². The summed E-state index contributed by atoms with van der Waals surface area (Å²) in [6.07, 6.45) is 2.00. The van der Waals surface area contributed by atoms with Gasteiger partial charge in [-0.15, -0.1) is 11.3 Å². The van der Waals surface area contributed by atoms with E-state index in [0.29, 0.717) is 0 Å². The van der Waals surface area contributed by atoms with Crippen molar-refractivity contribution in [2.24, 2.45) is 0 Å². The van der Waals surface area contributed by atoms with Gasteiger partial charge in [-0.1, -0.05) is 78.9 Å². The van der Waals surface area contributed by atoms with Crippen molar-refractivity contribution in [2.45, 2.75) is 0 Å². The van der Waals surface area contributed by atoms with Crippen LogP contribution < -0.4 is 0 Å². The van der Waals surface area contributed by atoms with Crippen molar-refractivity contribution in [1.29, 1.82) is 0 Å². The van der Waals surface area contributed by atoms with E-state index in [1.165, 1.54) is 20.2 Å². The summed E-state index contributed by atoms with van der Waals surface area (Å²) in [5.74, 6) is 0.852. The summed E-state index contributed by atoms with van der Waals surface area (Å²) >= 11 is 1.83. The molecule has 0 fully saturated rings. The molecule has 0 radical (unpaired) electrons. The first-order valence-corrected chi connectivity index (χ1v) is 14.5. The number of benzene rings is 5. The average molecular weight is 543 g/mol. The molecule has 0 bridgehead atoms. The minimum Gasteiger partial charge on any atom is -0.278 e. The van der Waals surface area contributed by atoms with E-state index in [1.54, 1.807) is 0 Å². The number of rotatable bonds is 3. The van der Waals surface area contributed by atoms with Gasteiger partial charge in [0.2, 0.25) is 5.95 Å². The van der Waals surface area contributed by atoms with E-state index in [0.717, 1.165) is 55.7 Å². The van der Waals surface area contributed by atoms with E-state index < -0.39 is 0 Å². The van der Waals surface area contributed by atoms with Crippen LogP contribution in [0.2, 0.25) is 0 Å². The summed E-state index contributed by atoms with van der Waals surface area (Å²) < 4.78 is 7.12. The minimum absolute atomic E-state index is 0.852. The third-order valence-corrected chi connectivity index (χ3v) is 9.10. The fraction of sp³-hybridized carbons (Fsp3) is 0. The lowest BCUT2D eigenvalue weighted by atomic mass is 10.1. The third kappa shape index (κ3) is 3.33. The van der Waals surface area contributed by atoms with Crippen molar-refractivity contribution in [3.05, 3.63) is 134 Å². The van der Waals surface area contributed by atoms with E-state index in [2.05, 4.69) is 130 Å². The Morgan fingerprint density at radius 2 is 1.27 bits per heavy atom. The highest BCUT2D eigenvalue weighted by atomic mass is 32.1. The molecule has 4 heterocycles. The number of pyridine rings is 1. The van der Waals surface area contributed by atoms with E-state index in [1.807, 2.05) is 23.6 Å². The molecule has 5 heteroatoms. The Kier molecular flexibility index (Phi) is 4.74. The van der Waals surface area contributed by atoms with Crippen LogP contribution in [0.25, 0.3) is 75.9 Å². The van der Waals surface area contributed by atoms with Crippen molar-refractivity contribution in [1.82, 2.24) is 19.1 Å². The van der Waals surface area contributed by atoms with Gasteiger partial charge in [0.15, 0.2) is 0 Å². The van der Waals surface area contributed by atoms with Crippen LogP contribution in [-0.2, 0) is 0 Å². The molecule has 0 atom stereocenters. The molecule has 9 aromatic rings. The van der Waals surface area contributed by atoms with E-state index >= 15 is 0 Å². The third-order valence-electron chi connectivity index (χ3n) is 7.96. The highest BCUT2D eigenvalue weighted by Gasteiger charge is 2.22. The second kappa shape index (κ2) is 8.62. The molecule has 0 aliphatic carbocycles. The summed E-state index contributed by atoms with van der Waals surface area (Å²) in [4.78, 5) is 10.4. The lowest BCUT2D eigenvalue weighted by Gasteiger charge is -2.12. The van der Waals surface area contributed by atoms with Crippen LogP contribution in [0, 0.1) is 0 Å². The number of fused-ring (bicyclic) bond motifs is 7. The molecule has 0 aliphatic heterocycles. The summed E-state index contributed by atoms with van der Waals surface area (Å²) in [6, 6.07) is 44.9. The first-order chi connectivity index (χ1) is 20.3. The van der Waals surface area contributed by atoms with Crippen molar-refractivity contribution in [3.8, 4) is 22.8 Å². The molecule has 0 spiro atoms. The Labute approximate surface area is 239 Å². The summed E-state index contributed by atoms with van der Waals surface area (Å²) in [7, 11) is 0. The highest BCUT2D eigenvalue weighted by molar-refractivity contribution is 7.25. The number of hydrogen-bond donors (Lipinski definition) is 0.